The number of nitrogens with two attached hydrogens (primary N) is 1. The summed E-state index contributed by atoms with van der Waals surface area (Å²) >= 11 is 3.36. The van der Waals surface area contributed by atoms with E-state index < -0.39 is 0 Å². The molecule has 1 aromatic heterocycles. The van der Waals surface area contributed by atoms with Crippen LogP contribution in [0, 0.1) is 0 Å². The van der Waals surface area contributed by atoms with Crippen LogP contribution in [0.4, 0.5) is 0 Å². The molecular formula is C9H9BrN2O. The molecule has 0 aliphatic carbocycles. The minimum absolute atomic E-state index is 0.161. The molecular weight excluding hydrogens is 232 g/mol. The number of fused-ring (bicyclic) bond motifs is 1. The summed E-state index contributed by atoms with van der Waals surface area (Å²) in [5.41, 5.74) is 7.26. The van der Waals surface area contributed by atoms with E-state index >= 15 is 0 Å². The van der Waals surface area contributed by atoms with Crippen LogP contribution < -0.4 is 5.73 Å². The van der Waals surface area contributed by atoms with Crippen LogP contribution in [-0.4, -0.2) is 4.98 Å². The first-order valence-corrected chi connectivity index (χ1v) is 4.77. The van der Waals surface area contributed by atoms with Crippen molar-refractivity contribution in [2.45, 2.75) is 13.0 Å². The van der Waals surface area contributed by atoms with Gasteiger partial charge in [0.05, 0.1) is 6.04 Å². The van der Waals surface area contributed by atoms with Gasteiger partial charge in [0, 0.05) is 4.47 Å². The van der Waals surface area contributed by atoms with Crippen molar-refractivity contribution in [3.8, 4) is 0 Å². The molecule has 0 aliphatic rings. The van der Waals surface area contributed by atoms with Crippen molar-refractivity contribution in [1.29, 1.82) is 0 Å². The van der Waals surface area contributed by atoms with Crippen molar-refractivity contribution in [3.05, 3.63) is 28.6 Å². The van der Waals surface area contributed by atoms with Crippen LogP contribution >= 0.6 is 15.9 Å². The van der Waals surface area contributed by atoms with Gasteiger partial charge in [-0.1, -0.05) is 15.9 Å². The minimum Gasteiger partial charge on any atom is -0.439 e. The summed E-state index contributed by atoms with van der Waals surface area (Å²) in [5.74, 6) is 0.577. The molecule has 0 saturated carbocycles. The van der Waals surface area contributed by atoms with Crippen LogP contribution in [0.1, 0.15) is 18.9 Å². The van der Waals surface area contributed by atoms with E-state index in [0.717, 1.165) is 15.6 Å². The normalized spacial score (nSPS) is 13.5. The zero-order valence-electron chi connectivity index (χ0n) is 7.12. The monoisotopic (exact) mass is 240 g/mol. The summed E-state index contributed by atoms with van der Waals surface area (Å²) < 4.78 is 6.42. The smallest absolute Gasteiger partial charge is 0.212 e. The lowest BCUT2D eigenvalue weighted by Crippen LogP contribution is -2.04. The van der Waals surface area contributed by atoms with Crippen molar-refractivity contribution in [2.24, 2.45) is 5.73 Å². The van der Waals surface area contributed by atoms with Gasteiger partial charge in [0.25, 0.3) is 0 Å². The molecule has 0 unspecified atom stereocenters. The summed E-state index contributed by atoms with van der Waals surface area (Å²) in [5, 5.41) is 0. The third kappa shape index (κ3) is 1.59. The second kappa shape index (κ2) is 3.12. The average molecular weight is 241 g/mol. The molecule has 68 valence electrons. The van der Waals surface area contributed by atoms with Crippen molar-refractivity contribution in [1.82, 2.24) is 4.98 Å². The van der Waals surface area contributed by atoms with Crippen LogP contribution in [-0.2, 0) is 0 Å². The Morgan fingerprint density at radius 1 is 1.54 bits per heavy atom. The van der Waals surface area contributed by atoms with Crippen molar-refractivity contribution >= 4 is 27.0 Å². The maximum Gasteiger partial charge on any atom is 0.212 e. The Bertz CT molecular complexity index is 436. The summed E-state index contributed by atoms with van der Waals surface area (Å²) in [6.07, 6.45) is 0. The lowest BCUT2D eigenvalue weighted by atomic mass is 10.3. The zero-order chi connectivity index (χ0) is 9.42. The van der Waals surface area contributed by atoms with Crippen LogP contribution in [0.25, 0.3) is 11.1 Å². The molecule has 0 fully saturated rings. The van der Waals surface area contributed by atoms with Gasteiger partial charge in [-0.15, -0.1) is 0 Å². The van der Waals surface area contributed by atoms with E-state index in [0.29, 0.717) is 5.89 Å². The fraction of sp³-hybridized carbons (Fsp3) is 0.222. The topological polar surface area (TPSA) is 52.0 Å². The first-order valence-electron chi connectivity index (χ1n) is 3.98. The summed E-state index contributed by atoms with van der Waals surface area (Å²) in [4.78, 5) is 4.24. The van der Waals surface area contributed by atoms with Crippen LogP contribution in [0.2, 0.25) is 0 Å². The van der Waals surface area contributed by atoms with E-state index in [4.69, 9.17) is 10.2 Å². The summed E-state index contributed by atoms with van der Waals surface area (Å²) in [6.45, 7) is 1.85. The third-order valence-electron chi connectivity index (χ3n) is 1.76. The highest BCUT2D eigenvalue weighted by Crippen LogP contribution is 2.22. The molecule has 1 aromatic carbocycles. The number of hydrogen-bond donors (Lipinski definition) is 1. The van der Waals surface area contributed by atoms with E-state index in [2.05, 4.69) is 20.9 Å². The highest BCUT2D eigenvalue weighted by Gasteiger charge is 2.08. The maximum absolute atomic E-state index is 5.65. The first kappa shape index (κ1) is 8.72. The van der Waals surface area contributed by atoms with Crippen LogP contribution in [0.15, 0.2) is 27.1 Å². The Kier molecular flexibility index (Phi) is 2.09. The molecule has 4 heteroatoms. The second-order valence-electron chi connectivity index (χ2n) is 2.95. The predicted octanol–water partition coefficient (Wildman–Crippen LogP) is 2.61. The average Bonchev–Trinajstić information content (AvgIpc) is 2.46. The van der Waals surface area contributed by atoms with Gasteiger partial charge in [-0.2, -0.15) is 0 Å². The van der Waals surface area contributed by atoms with Gasteiger partial charge in [0.15, 0.2) is 5.58 Å². The third-order valence-corrected chi connectivity index (χ3v) is 2.25. The quantitative estimate of drug-likeness (QED) is 0.834. The molecule has 0 saturated heterocycles. The van der Waals surface area contributed by atoms with E-state index in [-0.39, 0.29) is 6.04 Å². The molecule has 2 N–H and O–H groups in total. The van der Waals surface area contributed by atoms with Gasteiger partial charge < -0.3 is 10.2 Å². The van der Waals surface area contributed by atoms with E-state index in [9.17, 15) is 0 Å². The van der Waals surface area contributed by atoms with Gasteiger partial charge >= 0.3 is 0 Å². The molecule has 1 atom stereocenters. The van der Waals surface area contributed by atoms with Gasteiger partial charge in [-0.25, -0.2) is 4.98 Å². The summed E-state index contributed by atoms with van der Waals surface area (Å²) in [7, 11) is 0. The fourth-order valence-corrected chi connectivity index (χ4v) is 1.45. The number of benzene rings is 1. The van der Waals surface area contributed by atoms with Gasteiger partial charge in [0.2, 0.25) is 5.89 Å². The summed E-state index contributed by atoms with van der Waals surface area (Å²) in [6, 6.07) is 5.55. The number of hydrogen-bond acceptors (Lipinski definition) is 3. The maximum atomic E-state index is 5.65. The molecule has 0 spiro atoms. The first-order chi connectivity index (χ1) is 6.16. The lowest BCUT2D eigenvalue weighted by Gasteiger charge is -1.94. The molecule has 0 radical (unpaired) electrons. The van der Waals surface area contributed by atoms with Gasteiger partial charge in [-0.3, -0.25) is 0 Å². The van der Waals surface area contributed by atoms with Gasteiger partial charge in [0.1, 0.15) is 5.52 Å². The standard InChI is InChI=1S/C9H9BrN2O/c1-5(11)9-12-7-3-2-6(10)4-8(7)13-9/h2-5H,11H2,1H3/t5-/m0/s1. The minimum atomic E-state index is -0.161. The van der Waals surface area contributed by atoms with Crippen LogP contribution in [0.5, 0.6) is 0 Å². The Balaban J connectivity index is 2.62. The Morgan fingerprint density at radius 3 is 3.00 bits per heavy atom. The highest BCUT2D eigenvalue weighted by molar-refractivity contribution is 9.10. The van der Waals surface area contributed by atoms with E-state index in [1.807, 2.05) is 25.1 Å². The second-order valence-corrected chi connectivity index (χ2v) is 3.87. The molecule has 0 amide bonds. The highest BCUT2D eigenvalue weighted by atomic mass is 79.9. The fourth-order valence-electron chi connectivity index (χ4n) is 1.11. The number of aromatic nitrogens is 1. The van der Waals surface area contributed by atoms with E-state index in [1.165, 1.54) is 0 Å². The van der Waals surface area contributed by atoms with Crippen molar-refractivity contribution in [2.75, 3.05) is 0 Å². The number of halogens is 1. The zero-order valence-corrected chi connectivity index (χ0v) is 8.71. The SMILES string of the molecule is C[C@H](N)c1nc2ccc(Br)cc2o1. The Hall–Kier alpha value is -0.870. The molecule has 0 bridgehead atoms. The molecule has 0 aliphatic heterocycles. The number of rotatable bonds is 1. The molecule has 3 nitrogen and oxygen atoms in total. The predicted molar refractivity (Wildman–Crippen MR) is 54.3 cm³/mol. The largest absolute Gasteiger partial charge is 0.439 e. The van der Waals surface area contributed by atoms with Crippen molar-refractivity contribution in [3.63, 3.8) is 0 Å². The van der Waals surface area contributed by atoms with Crippen molar-refractivity contribution < 1.29 is 4.42 Å². The van der Waals surface area contributed by atoms with E-state index in [1.54, 1.807) is 0 Å². The Morgan fingerprint density at radius 2 is 2.31 bits per heavy atom. The Labute approximate surface area is 84.1 Å². The number of oxazole rings is 1. The van der Waals surface area contributed by atoms with Crippen LogP contribution in [0.3, 0.4) is 0 Å². The molecule has 2 rings (SSSR count). The molecule has 1 heterocycles. The number of nitrogens with zero attached hydrogens (tertiary/aromatic N) is 1. The molecule has 2 aromatic rings. The lowest BCUT2D eigenvalue weighted by molar-refractivity contribution is 0.492. The van der Waals surface area contributed by atoms with Gasteiger partial charge in [-0.05, 0) is 25.1 Å². The molecule has 13 heavy (non-hydrogen) atoms.